The van der Waals surface area contributed by atoms with E-state index in [4.69, 9.17) is 14.3 Å². The van der Waals surface area contributed by atoms with Crippen molar-refractivity contribution < 1.29 is 27.5 Å². The molecule has 0 saturated carbocycles. The number of furan rings is 1. The number of carboxylic acid groups (broad SMARTS) is 1. The number of ether oxygens (including phenoxy) is 1. The number of rotatable bonds is 8. The first kappa shape index (κ1) is 20.2. The van der Waals surface area contributed by atoms with E-state index in [2.05, 4.69) is 0 Å². The summed E-state index contributed by atoms with van der Waals surface area (Å²) in [6.07, 6.45) is 3.16. The molecule has 3 heterocycles. The number of hydrogen-bond donors (Lipinski definition) is 1. The number of benzene rings is 1. The minimum absolute atomic E-state index is 0.0976. The average molecular weight is 446 g/mol. The number of aryl methyl sites for hydroxylation is 1. The van der Waals surface area contributed by atoms with E-state index in [1.54, 1.807) is 42.5 Å². The lowest BCUT2D eigenvalue weighted by molar-refractivity contribution is -0.136. The van der Waals surface area contributed by atoms with Gasteiger partial charge in [-0.2, -0.15) is 8.42 Å². The van der Waals surface area contributed by atoms with Crippen LogP contribution in [0.3, 0.4) is 0 Å². The van der Waals surface area contributed by atoms with E-state index in [1.165, 1.54) is 16.4 Å². The maximum Gasteiger partial charge on any atom is 0.303 e. The SMILES string of the molecule is CCOc1ccc2c(c1)c(CCC(=O)O)cn2S(=O)(=O)c1ccc(-c2ccco2)s1. The highest BCUT2D eigenvalue weighted by Gasteiger charge is 2.24. The van der Waals surface area contributed by atoms with Crippen LogP contribution in [0.4, 0.5) is 0 Å². The summed E-state index contributed by atoms with van der Waals surface area (Å²) in [6.45, 7) is 2.33. The smallest absolute Gasteiger partial charge is 0.303 e. The van der Waals surface area contributed by atoms with Gasteiger partial charge in [-0.05, 0) is 61.4 Å². The molecule has 0 fully saturated rings. The molecule has 9 heteroatoms. The zero-order chi connectivity index (χ0) is 21.3. The molecule has 3 aromatic heterocycles. The number of carbonyl (C=O) groups is 1. The van der Waals surface area contributed by atoms with Crippen LogP contribution in [-0.2, 0) is 21.2 Å². The van der Waals surface area contributed by atoms with E-state index in [9.17, 15) is 13.2 Å². The van der Waals surface area contributed by atoms with Crippen LogP contribution in [0.5, 0.6) is 5.75 Å². The van der Waals surface area contributed by atoms with Crippen LogP contribution in [0.1, 0.15) is 18.9 Å². The minimum Gasteiger partial charge on any atom is -0.494 e. The van der Waals surface area contributed by atoms with Crippen molar-refractivity contribution in [2.75, 3.05) is 6.61 Å². The van der Waals surface area contributed by atoms with Gasteiger partial charge >= 0.3 is 5.97 Å². The fourth-order valence-corrected chi connectivity index (χ4v) is 6.00. The molecule has 0 amide bonds. The van der Waals surface area contributed by atoms with Crippen LogP contribution in [-0.4, -0.2) is 30.1 Å². The second-order valence-corrected chi connectivity index (χ2v) is 9.68. The molecule has 156 valence electrons. The van der Waals surface area contributed by atoms with Gasteiger partial charge in [0.25, 0.3) is 10.0 Å². The van der Waals surface area contributed by atoms with E-state index < -0.39 is 16.0 Å². The van der Waals surface area contributed by atoms with Crippen molar-refractivity contribution >= 4 is 38.2 Å². The van der Waals surface area contributed by atoms with Crippen molar-refractivity contribution in [3.8, 4) is 16.4 Å². The summed E-state index contributed by atoms with van der Waals surface area (Å²) in [5, 5.41) is 9.73. The van der Waals surface area contributed by atoms with E-state index in [0.29, 0.717) is 39.5 Å². The largest absolute Gasteiger partial charge is 0.494 e. The summed E-state index contributed by atoms with van der Waals surface area (Å²) in [5.74, 6) is 0.260. The monoisotopic (exact) mass is 445 g/mol. The molecule has 0 atom stereocenters. The van der Waals surface area contributed by atoms with Gasteiger partial charge in [0.05, 0.1) is 23.3 Å². The molecule has 0 aliphatic carbocycles. The fraction of sp³-hybridized carbons (Fsp3) is 0.190. The van der Waals surface area contributed by atoms with Crippen molar-refractivity contribution in [2.24, 2.45) is 0 Å². The Morgan fingerprint density at radius 1 is 1.23 bits per heavy atom. The Hall–Kier alpha value is -3.04. The quantitative estimate of drug-likeness (QED) is 0.425. The average Bonchev–Trinajstić information content (AvgIpc) is 3.45. The summed E-state index contributed by atoms with van der Waals surface area (Å²) in [7, 11) is -3.87. The first-order chi connectivity index (χ1) is 14.4. The molecule has 0 saturated heterocycles. The highest BCUT2D eigenvalue weighted by atomic mass is 32.2. The molecule has 0 unspecified atom stereocenters. The molecule has 0 spiro atoms. The molecule has 0 radical (unpaired) electrons. The van der Waals surface area contributed by atoms with Gasteiger partial charge in [-0.1, -0.05) is 0 Å². The van der Waals surface area contributed by atoms with E-state index >= 15 is 0 Å². The zero-order valence-corrected chi connectivity index (χ0v) is 17.7. The van der Waals surface area contributed by atoms with Crippen LogP contribution in [0.15, 0.2) is 63.6 Å². The molecule has 1 N–H and O–H groups in total. The van der Waals surface area contributed by atoms with Crippen molar-refractivity contribution in [2.45, 2.75) is 24.0 Å². The predicted molar refractivity (Wildman–Crippen MR) is 114 cm³/mol. The van der Waals surface area contributed by atoms with E-state index in [-0.39, 0.29) is 17.1 Å². The standard InChI is InChI=1S/C21H19NO6S2/c1-2-27-15-6-7-17-16(12-15)14(5-9-20(23)24)13-22(17)30(25,26)21-10-8-19(29-21)18-4-3-11-28-18/h3-4,6-8,10-13H,2,5,9H2,1H3,(H,23,24). The van der Waals surface area contributed by atoms with Crippen molar-refractivity contribution in [3.05, 3.63) is 60.5 Å². The molecule has 0 bridgehead atoms. The van der Waals surface area contributed by atoms with Gasteiger partial charge in [0.15, 0.2) is 0 Å². The second kappa shape index (κ2) is 8.00. The van der Waals surface area contributed by atoms with E-state index in [0.717, 1.165) is 11.3 Å². The molecule has 7 nitrogen and oxygen atoms in total. The Morgan fingerprint density at radius 2 is 2.07 bits per heavy atom. The lowest BCUT2D eigenvalue weighted by Crippen LogP contribution is -2.10. The third-order valence-corrected chi connectivity index (χ3v) is 7.84. The number of aromatic nitrogens is 1. The lowest BCUT2D eigenvalue weighted by atomic mass is 10.1. The Bertz CT molecular complexity index is 1300. The van der Waals surface area contributed by atoms with Crippen LogP contribution in [0.2, 0.25) is 0 Å². The number of fused-ring (bicyclic) bond motifs is 1. The molecule has 30 heavy (non-hydrogen) atoms. The van der Waals surface area contributed by atoms with Gasteiger partial charge in [-0.15, -0.1) is 11.3 Å². The lowest BCUT2D eigenvalue weighted by Gasteiger charge is -2.07. The number of hydrogen-bond acceptors (Lipinski definition) is 6. The first-order valence-electron chi connectivity index (χ1n) is 9.28. The minimum atomic E-state index is -3.87. The second-order valence-electron chi connectivity index (χ2n) is 6.56. The first-order valence-corrected chi connectivity index (χ1v) is 11.5. The topological polar surface area (TPSA) is 98.7 Å². The number of carboxylic acids is 1. The Kier molecular flexibility index (Phi) is 5.40. The third kappa shape index (κ3) is 3.73. The summed E-state index contributed by atoms with van der Waals surface area (Å²) in [5.41, 5.74) is 1.12. The molecule has 1 aromatic carbocycles. The maximum absolute atomic E-state index is 13.4. The van der Waals surface area contributed by atoms with Crippen LogP contribution in [0.25, 0.3) is 21.5 Å². The summed E-state index contributed by atoms with van der Waals surface area (Å²) >= 11 is 1.12. The third-order valence-electron chi connectivity index (χ3n) is 4.60. The van der Waals surface area contributed by atoms with Crippen molar-refractivity contribution in [3.63, 3.8) is 0 Å². The molecular formula is C21H19NO6S2. The Balaban J connectivity index is 1.81. The number of thiophene rings is 1. The van der Waals surface area contributed by atoms with Crippen LogP contribution in [0, 0.1) is 0 Å². The maximum atomic E-state index is 13.4. The van der Waals surface area contributed by atoms with Crippen LogP contribution >= 0.6 is 11.3 Å². The van der Waals surface area contributed by atoms with Gasteiger partial charge in [0.2, 0.25) is 0 Å². The van der Waals surface area contributed by atoms with Crippen molar-refractivity contribution in [1.82, 2.24) is 3.97 Å². The van der Waals surface area contributed by atoms with E-state index in [1.807, 2.05) is 6.92 Å². The highest BCUT2D eigenvalue weighted by molar-refractivity contribution is 7.92. The van der Waals surface area contributed by atoms with Crippen LogP contribution < -0.4 is 4.74 Å². The van der Waals surface area contributed by atoms with Gasteiger partial charge in [0.1, 0.15) is 15.7 Å². The molecule has 4 aromatic rings. The van der Waals surface area contributed by atoms with Gasteiger partial charge < -0.3 is 14.3 Å². The molecule has 0 aliphatic heterocycles. The zero-order valence-electron chi connectivity index (χ0n) is 16.1. The molecule has 4 rings (SSSR count). The Morgan fingerprint density at radius 3 is 2.77 bits per heavy atom. The normalized spacial score (nSPS) is 11.8. The summed E-state index contributed by atoms with van der Waals surface area (Å²) < 4.78 is 39.1. The molecular weight excluding hydrogens is 426 g/mol. The van der Waals surface area contributed by atoms with Gasteiger partial charge in [-0.25, -0.2) is 3.97 Å². The predicted octanol–water partition coefficient (Wildman–Crippen LogP) is 4.62. The van der Waals surface area contributed by atoms with Gasteiger partial charge in [-0.3, -0.25) is 4.79 Å². The number of aliphatic carboxylic acids is 1. The Labute approximate surface area is 177 Å². The fourth-order valence-electron chi connectivity index (χ4n) is 3.25. The van der Waals surface area contributed by atoms with Crippen molar-refractivity contribution in [1.29, 1.82) is 0 Å². The summed E-state index contributed by atoms with van der Waals surface area (Å²) in [6, 6.07) is 11.9. The highest BCUT2D eigenvalue weighted by Crippen LogP contribution is 2.35. The number of nitrogens with zero attached hydrogens (tertiary/aromatic N) is 1. The molecule has 0 aliphatic rings. The van der Waals surface area contributed by atoms with Gasteiger partial charge in [0, 0.05) is 18.0 Å². The summed E-state index contributed by atoms with van der Waals surface area (Å²) in [4.78, 5) is 11.8.